The molecule has 5 nitrogen and oxygen atoms in total. The van der Waals surface area contributed by atoms with Crippen molar-refractivity contribution < 1.29 is 4.79 Å². The van der Waals surface area contributed by atoms with Crippen LogP contribution in [0, 0.1) is 5.41 Å². The van der Waals surface area contributed by atoms with Gasteiger partial charge in [-0.05, 0) is 31.6 Å². The zero-order valence-corrected chi connectivity index (χ0v) is 11.9. The minimum absolute atomic E-state index is 0.127. The largest absolute Gasteiger partial charge is 0.369 e. The third kappa shape index (κ3) is 3.66. The van der Waals surface area contributed by atoms with E-state index in [1.807, 2.05) is 6.92 Å². The third-order valence-electron chi connectivity index (χ3n) is 3.55. The Morgan fingerprint density at radius 1 is 1.42 bits per heavy atom. The van der Waals surface area contributed by atoms with Crippen LogP contribution >= 0.6 is 0 Å². The highest BCUT2D eigenvalue weighted by Gasteiger charge is 2.31. The molecule has 1 saturated carbocycles. The van der Waals surface area contributed by atoms with Gasteiger partial charge < -0.3 is 10.6 Å². The highest BCUT2D eigenvalue weighted by molar-refractivity contribution is 5.92. The van der Waals surface area contributed by atoms with Crippen molar-refractivity contribution in [2.45, 2.75) is 46.1 Å². The first-order valence-electron chi connectivity index (χ1n) is 6.87. The normalized spacial score (nSPS) is 21.1. The fraction of sp³-hybridized carbons (Fsp3) is 0.643. The Bertz CT molecular complexity index is 441. The molecule has 1 amide bonds. The third-order valence-corrected chi connectivity index (χ3v) is 3.55. The standard InChI is InChI=1S/C14H22N4O/c1-4-15-12-9-16-11(8-17-12)13(19)18-10-5-6-14(2,3)7-10/h8-10H,4-7H2,1-3H3,(H,15,17)(H,18,19). The molecule has 1 heterocycles. The molecule has 1 aliphatic carbocycles. The predicted molar refractivity (Wildman–Crippen MR) is 75.1 cm³/mol. The van der Waals surface area contributed by atoms with Gasteiger partial charge >= 0.3 is 0 Å². The molecule has 1 aliphatic rings. The average molecular weight is 262 g/mol. The lowest BCUT2D eigenvalue weighted by Gasteiger charge is -2.17. The number of hydrogen-bond donors (Lipinski definition) is 2. The summed E-state index contributed by atoms with van der Waals surface area (Å²) in [5.74, 6) is 0.569. The van der Waals surface area contributed by atoms with E-state index in [1.165, 1.54) is 6.20 Å². The number of nitrogens with one attached hydrogen (secondary N) is 2. The first-order valence-corrected chi connectivity index (χ1v) is 6.87. The summed E-state index contributed by atoms with van der Waals surface area (Å²) >= 11 is 0. The van der Waals surface area contributed by atoms with Gasteiger partial charge in [0.2, 0.25) is 0 Å². The fourth-order valence-corrected chi connectivity index (χ4v) is 2.54. The lowest BCUT2D eigenvalue weighted by molar-refractivity contribution is 0.0930. The van der Waals surface area contributed by atoms with Gasteiger partial charge in [0.15, 0.2) is 0 Å². The summed E-state index contributed by atoms with van der Waals surface area (Å²) in [7, 11) is 0. The number of carbonyl (C=O) groups excluding carboxylic acids is 1. The van der Waals surface area contributed by atoms with Crippen LogP contribution in [-0.4, -0.2) is 28.5 Å². The molecule has 1 aromatic rings. The lowest BCUT2D eigenvalue weighted by Crippen LogP contribution is -2.34. The molecule has 104 valence electrons. The molecule has 5 heteroatoms. The molecule has 0 aromatic carbocycles. The second-order valence-electron chi connectivity index (χ2n) is 5.89. The molecule has 0 bridgehead atoms. The number of rotatable bonds is 4. The van der Waals surface area contributed by atoms with Crippen molar-refractivity contribution in [3.05, 3.63) is 18.1 Å². The summed E-state index contributed by atoms with van der Waals surface area (Å²) < 4.78 is 0. The number of aromatic nitrogens is 2. The molecule has 1 fully saturated rings. The van der Waals surface area contributed by atoms with E-state index in [2.05, 4.69) is 34.4 Å². The summed E-state index contributed by atoms with van der Waals surface area (Å²) in [6.45, 7) is 7.26. The maximum atomic E-state index is 12.0. The van der Waals surface area contributed by atoms with Crippen molar-refractivity contribution in [3.63, 3.8) is 0 Å². The van der Waals surface area contributed by atoms with Crippen LogP contribution in [0.5, 0.6) is 0 Å². The highest BCUT2D eigenvalue weighted by atomic mass is 16.1. The van der Waals surface area contributed by atoms with E-state index in [-0.39, 0.29) is 11.9 Å². The van der Waals surface area contributed by atoms with Gasteiger partial charge in [-0.3, -0.25) is 4.79 Å². The smallest absolute Gasteiger partial charge is 0.271 e. The second kappa shape index (κ2) is 5.55. The van der Waals surface area contributed by atoms with Crippen molar-refractivity contribution in [2.75, 3.05) is 11.9 Å². The Hall–Kier alpha value is -1.65. The van der Waals surface area contributed by atoms with E-state index in [0.717, 1.165) is 25.8 Å². The van der Waals surface area contributed by atoms with Crippen LogP contribution in [0.25, 0.3) is 0 Å². The number of nitrogens with zero attached hydrogens (tertiary/aromatic N) is 2. The van der Waals surface area contributed by atoms with Crippen LogP contribution in [0.2, 0.25) is 0 Å². The molecule has 0 aliphatic heterocycles. The zero-order valence-electron chi connectivity index (χ0n) is 11.9. The van der Waals surface area contributed by atoms with Gasteiger partial charge in [0.1, 0.15) is 11.5 Å². The number of carbonyl (C=O) groups is 1. The van der Waals surface area contributed by atoms with Crippen LogP contribution < -0.4 is 10.6 Å². The Labute approximate surface area is 114 Å². The fourth-order valence-electron chi connectivity index (χ4n) is 2.54. The van der Waals surface area contributed by atoms with Gasteiger partial charge in [0.05, 0.1) is 12.4 Å². The Morgan fingerprint density at radius 2 is 2.21 bits per heavy atom. The van der Waals surface area contributed by atoms with Gasteiger partial charge in [-0.1, -0.05) is 13.8 Å². The quantitative estimate of drug-likeness (QED) is 0.873. The van der Waals surface area contributed by atoms with E-state index in [1.54, 1.807) is 6.20 Å². The predicted octanol–water partition coefficient (Wildman–Crippen LogP) is 2.22. The Kier molecular flexibility index (Phi) is 4.02. The first-order chi connectivity index (χ1) is 9.00. The van der Waals surface area contributed by atoms with Crippen LogP contribution in [0.1, 0.15) is 50.5 Å². The highest BCUT2D eigenvalue weighted by Crippen LogP contribution is 2.36. The maximum absolute atomic E-state index is 12.0. The van der Waals surface area contributed by atoms with Gasteiger partial charge in [0, 0.05) is 12.6 Å². The molecule has 1 atom stereocenters. The van der Waals surface area contributed by atoms with E-state index in [0.29, 0.717) is 16.9 Å². The van der Waals surface area contributed by atoms with E-state index in [4.69, 9.17) is 0 Å². The summed E-state index contributed by atoms with van der Waals surface area (Å²) in [6, 6.07) is 0.262. The van der Waals surface area contributed by atoms with Crippen molar-refractivity contribution in [3.8, 4) is 0 Å². The van der Waals surface area contributed by atoms with E-state index < -0.39 is 0 Å². The summed E-state index contributed by atoms with van der Waals surface area (Å²) in [4.78, 5) is 20.3. The molecule has 2 rings (SSSR count). The topological polar surface area (TPSA) is 66.9 Å². The summed E-state index contributed by atoms with van der Waals surface area (Å²) in [5, 5.41) is 6.09. The van der Waals surface area contributed by atoms with Gasteiger partial charge in [-0.25, -0.2) is 9.97 Å². The van der Waals surface area contributed by atoms with Gasteiger partial charge in [-0.2, -0.15) is 0 Å². The summed E-state index contributed by atoms with van der Waals surface area (Å²) in [5.41, 5.74) is 0.713. The number of hydrogen-bond acceptors (Lipinski definition) is 4. The summed E-state index contributed by atoms with van der Waals surface area (Å²) in [6.07, 6.45) is 6.34. The Morgan fingerprint density at radius 3 is 2.74 bits per heavy atom. The van der Waals surface area contributed by atoms with Crippen molar-refractivity contribution >= 4 is 11.7 Å². The van der Waals surface area contributed by atoms with Crippen LogP contribution in [0.4, 0.5) is 5.82 Å². The zero-order chi connectivity index (χ0) is 13.9. The lowest BCUT2D eigenvalue weighted by atomic mass is 9.92. The van der Waals surface area contributed by atoms with Crippen LogP contribution in [0.3, 0.4) is 0 Å². The molecule has 1 aromatic heterocycles. The monoisotopic (exact) mass is 262 g/mol. The number of anilines is 1. The molecule has 0 radical (unpaired) electrons. The first kappa shape index (κ1) is 13.8. The molecular formula is C14H22N4O. The van der Waals surface area contributed by atoms with Gasteiger partial charge in [-0.15, -0.1) is 0 Å². The molecule has 19 heavy (non-hydrogen) atoms. The maximum Gasteiger partial charge on any atom is 0.271 e. The molecule has 0 saturated heterocycles. The van der Waals surface area contributed by atoms with E-state index in [9.17, 15) is 4.79 Å². The molecule has 0 spiro atoms. The minimum atomic E-state index is -0.127. The van der Waals surface area contributed by atoms with Crippen LogP contribution in [0.15, 0.2) is 12.4 Å². The average Bonchev–Trinajstić information content (AvgIpc) is 2.70. The molecule has 2 N–H and O–H groups in total. The Balaban J connectivity index is 1.93. The van der Waals surface area contributed by atoms with Crippen molar-refractivity contribution in [1.29, 1.82) is 0 Å². The van der Waals surface area contributed by atoms with Gasteiger partial charge in [0.25, 0.3) is 5.91 Å². The minimum Gasteiger partial charge on any atom is -0.369 e. The molecular weight excluding hydrogens is 240 g/mol. The second-order valence-corrected chi connectivity index (χ2v) is 5.89. The van der Waals surface area contributed by atoms with Crippen molar-refractivity contribution in [1.82, 2.24) is 15.3 Å². The molecule has 1 unspecified atom stereocenters. The SMILES string of the molecule is CCNc1cnc(C(=O)NC2CCC(C)(C)C2)cn1. The van der Waals surface area contributed by atoms with Crippen molar-refractivity contribution in [2.24, 2.45) is 5.41 Å². The number of amides is 1. The van der Waals surface area contributed by atoms with E-state index >= 15 is 0 Å². The van der Waals surface area contributed by atoms with Crippen LogP contribution in [-0.2, 0) is 0 Å².